The van der Waals surface area contributed by atoms with Crippen molar-refractivity contribution in [2.75, 3.05) is 4.90 Å². The standard InChI is InChI=1S/C53H40N2/c1-53(2)49-19-11-9-17-45(49)47-34-42(26-29-50(47)53)54(39-13-5-3-6-14-39)41-25-28-44-38(32-41)22-21-37-31-35(23-27-43(37)44)36-24-30-52-48(33-36)46-18-10-12-20-51(46)55(52)40-15-7-4-8-16-40/h3-26,28-34,43H,27H2,1-2H3. The summed E-state index contributed by atoms with van der Waals surface area (Å²) in [5.74, 6) is 0.338. The van der Waals surface area contributed by atoms with Crippen LogP contribution in [0.3, 0.4) is 0 Å². The summed E-state index contributed by atoms with van der Waals surface area (Å²) >= 11 is 0. The van der Waals surface area contributed by atoms with Crippen LogP contribution in [-0.2, 0) is 5.41 Å². The molecule has 0 radical (unpaired) electrons. The maximum atomic E-state index is 2.45. The van der Waals surface area contributed by atoms with Gasteiger partial charge in [-0.3, -0.25) is 0 Å². The predicted molar refractivity (Wildman–Crippen MR) is 232 cm³/mol. The lowest BCUT2D eigenvalue weighted by molar-refractivity contribution is 0.660. The molecule has 0 bridgehead atoms. The SMILES string of the molecule is CC1(C)c2ccccc2-c2cc(N(c3ccccc3)c3ccc4c(c3)C=CC3=CC(c5ccc6c(c5)c5ccccc5n6-c5ccccc5)=CCC34)ccc21. The normalized spacial score (nSPS) is 16.2. The molecule has 0 fully saturated rings. The summed E-state index contributed by atoms with van der Waals surface area (Å²) in [4.78, 5) is 2.41. The molecule has 0 saturated carbocycles. The molecule has 262 valence electrons. The summed E-state index contributed by atoms with van der Waals surface area (Å²) in [6, 6.07) is 60.3. The van der Waals surface area contributed by atoms with E-state index in [1.807, 2.05) is 0 Å². The zero-order valence-electron chi connectivity index (χ0n) is 31.1. The van der Waals surface area contributed by atoms with Gasteiger partial charge < -0.3 is 9.47 Å². The van der Waals surface area contributed by atoms with Gasteiger partial charge in [0.2, 0.25) is 0 Å². The molecule has 0 spiro atoms. The number of aromatic nitrogens is 1. The number of allylic oxidation sites excluding steroid dienone is 5. The number of para-hydroxylation sites is 3. The van der Waals surface area contributed by atoms with Gasteiger partial charge in [-0.15, -0.1) is 0 Å². The van der Waals surface area contributed by atoms with Gasteiger partial charge in [0, 0.05) is 44.9 Å². The zero-order chi connectivity index (χ0) is 36.7. The molecule has 1 heterocycles. The fourth-order valence-electron chi connectivity index (χ4n) is 9.62. The van der Waals surface area contributed by atoms with Gasteiger partial charge in [0.05, 0.1) is 11.0 Å². The first-order valence-electron chi connectivity index (χ1n) is 19.5. The van der Waals surface area contributed by atoms with E-state index in [0.717, 1.165) is 12.1 Å². The van der Waals surface area contributed by atoms with E-state index in [4.69, 9.17) is 0 Å². The van der Waals surface area contributed by atoms with Crippen LogP contribution in [0.15, 0.2) is 188 Å². The first kappa shape index (κ1) is 31.8. The van der Waals surface area contributed by atoms with Crippen LogP contribution in [0, 0.1) is 0 Å². The highest BCUT2D eigenvalue weighted by atomic mass is 15.1. The van der Waals surface area contributed by atoms with Crippen molar-refractivity contribution in [3.05, 3.63) is 215 Å². The smallest absolute Gasteiger partial charge is 0.0541 e. The minimum atomic E-state index is -0.0201. The molecular formula is C53H40N2. The third-order valence-electron chi connectivity index (χ3n) is 12.3. The van der Waals surface area contributed by atoms with Crippen LogP contribution < -0.4 is 4.90 Å². The molecule has 1 unspecified atom stereocenters. The largest absolute Gasteiger partial charge is 0.310 e. The first-order valence-corrected chi connectivity index (χ1v) is 19.5. The molecule has 55 heavy (non-hydrogen) atoms. The monoisotopic (exact) mass is 704 g/mol. The number of hydrogen-bond acceptors (Lipinski definition) is 1. The van der Waals surface area contributed by atoms with Gasteiger partial charge in [0.15, 0.2) is 0 Å². The van der Waals surface area contributed by atoms with E-state index in [-0.39, 0.29) is 5.41 Å². The molecule has 1 atom stereocenters. The fraction of sp³-hybridized carbons (Fsp3) is 0.0943. The Morgan fingerprint density at radius 3 is 2.15 bits per heavy atom. The maximum Gasteiger partial charge on any atom is 0.0541 e. The lowest BCUT2D eigenvalue weighted by Gasteiger charge is -2.31. The molecule has 11 rings (SSSR count). The maximum absolute atomic E-state index is 2.45. The van der Waals surface area contributed by atoms with Crippen molar-refractivity contribution >= 4 is 50.5 Å². The zero-order valence-corrected chi connectivity index (χ0v) is 31.1. The van der Waals surface area contributed by atoms with E-state index in [1.165, 1.54) is 89.0 Å². The van der Waals surface area contributed by atoms with Crippen LogP contribution in [0.4, 0.5) is 17.1 Å². The Morgan fingerprint density at radius 2 is 1.27 bits per heavy atom. The molecule has 1 aromatic heterocycles. The Kier molecular flexibility index (Phi) is 7.06. The van der Waals surface area contributed by atoms with E-state index in [9.17, 15) is 0 Å². The van der Waals surface area contributed by atoms with E-state index in [2.05, 4.69) is 211 Å². The van der Waals surface area contributed by atoms with Crippen LogP contribution in [0.1, 0.15) is 54.0 Å². The number of rotatable bonds is 5. The lowest BCUT2D eigenvalue weighted by atomic mass is 9.77. The molecule has 0 N–H and O–H groups in total. The molecule has 2 nitrogen and oxygen atoms in total. The first-order chi connectivity index (χ1) is 27.0. The van der Waals surface area contributed by atoms with Crippen molar-refractivity contribution in [1.29, 1.82) is 0 Å². The van der Waals surface area contributed by atoms with Crippen molar-refractivity contribution in [3.63, 3.8) is 0 Å². The van der Waals surface area contributed by atoms with Crippen LogP contribution in [0.2, 0.25) is 0 Å². The highest BCUT2D eigenvalue weighted by Crippen LogP contribution is 2.51. The Morgan fingerprint density at radius 1 is 0.564 bits per heavy atom. The quantitative estimate of drug-likeness (QED) is 0.173. The highest BCUT2D eigenvalue weighted by molar-refractivity contribution is 6.10. The molecule has 0 amide bonds. The summed E-state index contributed by atoms with van der Waals surface area (Å²) in [7, 11) is 0. The second kappa shape index (κ2) is 12.2. The summed E-state index contributed by atoms with van der Waals surface area (Å²) in [6.07, 6.45) is 10.5. The van der Waals surface area contributed by atoms with E-state index in [1.54, 1.807) is 0 Å². The van der Waals surface area contributed by atoms with Crippen LogP contribution in [0.5, 0.6) is 0 Å². The van der Waals surface area contributed by atoms with Gasteiger partial charge in [0.1, 0.15) is 0 Å². The van der Waals surface area contributed by atoms with E-state index < -0.39 is 0 Å². The van der Waals surface area contributed by atoms with Gasteiger partial charge >= 0.3 is 0 Å². The molecule has 7 aromatic carbocycles. The summed E-state index contributed by atoms with van der Waals surface area (Å²) in [5, 5.41) is 2.57. The minimum absolute atomic E-state index is 0.0201. The Balaban J connectivity index is 0.945. The number of hydrogen-bond donors (Lipinski definition) is 0. The van der Waals surface area contributed by atoms with Gasteiger partial charge in [-0.1, -0.05) is 135 Å². The summed E-state index contributed by atoms with van der Waals surface area (Å²) in [5.41, 5.74) is 19.2. The second-order valence-electron chi connectivity index (χ2n) is 15.7. The Hall–Kier alpha value is -6.64. The molecule has 0 saturated heterocycles. The van der Waals surface area contributed by atoms with Crippen LogP contribution >= 0.6 is 0 Å². The Labute approximate surface area is 322 Å². The predicted octanol–water partition coefficient (Wildman–Crippen LogP) is 14.1. The van der Waals surface area contributed by atoms with Crippen molar-refractivity contribution in [3.8, 4) is 16.8 Å². The average Bonchev–Trinajstić information content (AvgIpc) is 3.69. The summed E-state index contributed by atoms with van der Waals surface area (Å²) in [6.45, 7) is 4.69. The third-order valence-corrected chi connectivity index (χ3v) is 12.3. The van der Waals surface area contributed by atoms with Gasteiger partial charge in [-0.2, -0.15) is 0 Å². The number of anilines is 3. The van der Waals surface area contributed by atoms with E-state index >= 15 is 0 Å². The number of fused-ring (bicyclic) bond motifs is 9. The lowest BCUT2D eigenvalue weighted by Crippen LogP contribution is -2.15. The second-order valence-corrected chi connectivity index (χ2v) is 15.7. The van der Waals surface area contributed by atoms with Gasteiger partial charge in [-0.05, 0) is 123 Å². The van der Waals surface area contributed by atoms with Crippen LogP contribution in [0.25, 0.3) is 50.3 Å². The molecular weight excluding hydrogens is 665 g/mol. The van der Waals surface area contributed by atoms with Crippen LogP contribution in [-0.4, -0.2) is 4.57 Å². The molecule has 3 aliphatic rings. The van der Waals surface area contributed by atoms with Crippen molar-refractivity contribution in [2.24, 2.45) is 0 Å². The average molecular weight is 705 g/mol. The van der Waals surface area contributed by atoms with Crippen molar-refractivity contribution in [1.82, 2.24) is 4.57 Å². The van der Waals surface area contributed by atoms with E-state index in [0.29, 0.717) is 5.92 Å². The Bertz CT molecular complexity index is 2920. The van der Waals surface area contributed by atoms with Gasteiger partial charge in [0.25, 0.3) is 0 Å². The third kappa shape index (κ3) is 4.95. The minimum Gasteiger partial charge on any atom is -0.310 e. The molecule has 2 heteroatoms. The highest BCUT2D eigenvalue weighted by Gasteiger charge is 2.35. The van der Waals surface area contributed by atoms with Crippen molar-refractivity contribution in [2.45, 2.75) is 31.6 Å². The molecule has 3 aliphatic carbocycles. The number of benzene rings is 7. The summed E-state index contributed by atoms with van der Waals surface area (Å²) < 4.78 is 2.39. The van der Waals surface area contributed by atoms with Crippen molar-refractivity contribution < 1.29 is 0 Å². The molecule has 8 aromatic rings. The fourth-order valence-corrected chi connectivity index (χ4v) is 9.62. The topological polar surface area (TPSA) is 8.17 Å². The molecule has 0 aliphatic heterocycles. The van der Waals surface area contributed by atoms with Gasteiger partial charge in [-0.25, -0.2) is 0 Å². The number of nitrogens with zero attached hydrogens (tertiary/aromatic N) is 2.